The number of nitrogens with two attached hydrogens (primary N) is 1. The quantitative estimate of drug-likeness (QED) is 0.313. The molecule has 0 unspecified atom stereocenters. The van der Waals surface area contributed by atoms with Gasteiger partial charge in [-0.2, -0.15) is 0 Å². The van der Waals surface area contributed by atoms with Gasteiger partial charge in [0.05, 0.1) is 7.11 Å². The molecule has 0 bridgehead atoms. The van der Waals surface area contributed by atoms with E-state index in [0.29, 0.717) is 12.4 Å². The lowest BCUT2D eigenvalue weighted by Crippen LogP contribution is -2.18. The molecule has 0 fully saturated rings. The number of rotatable bonds is 7. The minimum atomic E-state index is 0.563. The van der Waals surface area contributed by atoms with Gasteiger partial charge in [-0.25, -0.2) is 15.0 Å². The molecule has 0 saturated heterocycles. The number of benzene rings is 3. The van der Waals surface area contributed by atoms with Crippen LogP contribution in [0.15, 0.2) is 67.1 Å². The number of aryl methyl sites for hydroxylation is 2. The van der Waals surface area contributed by atoms with E-state index in [-0.39, 0.29) is 0 Å². The van der Waals surface area contributed by atoms with Crippen LogP contribution in [-0.4, -0.2) is 29.1 Å². The average Bonchev–Trinajstić information content (AvgIpc) is 2.89. The molecule has 0 aliphatic rings. The van der Waals surface area contributed by atoms with Crippen molar-refractivity contribution in [3.63, 3.8) is 0 Å². The summed E-state index contributed by atoms with van der Waals surface area (Å²) < 4.78 is 5.33. The maximum absolute atomic E-state index is 6.09. The molecule has 36 heavy (non-hydrogen) atoms. The number of hydrogen-bond donors (Lipinski definition) is 2. The molecule has 2 aromatic heterocycles. The summed E-state index contributed by atoms with van der Waals surface area (Å²) in [5.74, 6) is 3.06. The van der Waals surface area contributed by atoms with Crippen molar-refractivity contribution in [2.45, 2.75) is 26.9 Å². The van der Waals surface area contributed by atoms with Gasteiger partial charge in [-0.05, 0) is 82.6 Å². The molecular formula is C29H30N6O. The molecular weight excluding hydrogens is 448 g/mol. The van der Waals surface area contributed by atoms with Crippen molar-refractivity contribution >= 4 is 39.0 Å². The largest absolute Gasteiger partial charge is 0.497 e. The molecule has 3 N–H and O–H groups in total. The summed E-state index contributed by atoms with van der Waals surface area (Å²) >= 11 is 0. The van der Waals surface area contributed by atoms with Crippen LogP contribution in [-0.2, 0) is 13.1 Å². The number of nitrogens with zero attached hydrogens (tertiary/aromatic N) is 4. The molecule has 182 valence electrons. The molecule has 2 heterocycles. The number of nitrogens with one attached hydrogen (secondary N) is 1. The first kappa shape index (κ1) is 23.4. The van der Waals surface area contributed by atoms with E-state index in [0.717, 1.165) is 40.1 Å². The molecule has 0 radical (unpaired) electrons. The maximum Gasteiger partial charge on any atom is 0.134 e. The predicted molar refractivity (Wildman–Crippen MR) is 148 cm³/mol. The van der Waals surface area contributed by atoms with E-state index in [1.807, 2.05) is 25.2 Å². The number of fused-ring (bicyclic) bond motifs is 2. The molecule has 5 rings (SSSR count). The number of hydrogen-bond acceptors (Lipinski definition) is 7. The number of ether oxygens (including phenoxy) is 1. The van der Waals surface area contributed by atoms with Gasteiger partial charge in [0, 0.05) is 37.8 Å². The Balaban J connectivity index is 1.32. The Morgan fingerprint density at radius 2 is 1.72 bits per heavy atom. The second-order valence-electron chi connectivity index (χ2n) is 9.11. The van der Waals surface area contributed by atoms with Crippen molar-refractivity contribution in [2.75, 3.05) is 30.1 Å². The van der Waals surface area contributed by atoms with E-state index >= 15 is 0 Å². The van der Waals surface area contributed by atoms with Gasteiger partial charge in [-0.15, -0.1) is 0 Å². The van der Waals surface area contributed by atoms with Gasteiger partial charge in [0.25, 0.3) is 0 Å². The number of aromatic nitrogens is 3. The van der Waals surface area contributed by atoms with Crippen molar-refractivity contribution in [1.29, 1.82) is 0 Å². The summed E-state index contributed by atoms with van der Waals surface area (Å²) in [5.41, 5.74) is 10.9. The molecule has 0 aliphatic carbocycles. The lowest BCUT2D eigenvalue weighted by atomic mass is 9.96. The van der Waals surface area contributed by atoms with Gasteiger partial charge >= 0.3 is 0 Å². The zero-order valence-electron chi connectivity index (χ0n) is 21.0. The van der Waals surface area contributed by atoms with Crippen LogP contribution in [0, 0.1) is 13.8 Å². The lowest BCUT2D eigenvalue weighted by Gasteiger charge is -2.20. The minimum Gasteiger partial charge on any atom is -0.497 e. The first-order chi connectivity index (χ1) is 17.4. The van der Waals surface area contributed by atoms with Crippen molar-refractivity contribution in [1.82, 2.24) is 15.0 Å². The number of pyridine rings is 1. The first-order valence-corrected chi connectivity index (χ1v) is 11.9. The van der Waals surface area contributed by atoms with E-state index in [1.54, 1.807) is 19.6 Å². The van der Waals surface area contributed by atoms with Crippen molar-refractivity contribution in [3.05, 3.63) is 89.4 Å². The van der Waals surface area contributed by atoms with Crippen molar-refractivity contribution in [3.8, 4) is 5.75 Å². The van der Waals surface area contributed by atoms with Gasteiger partial charge in [-0.3, -0.25) is 0 Å². The molecule has 5 aromatic rings. The number of methoxy groups -OCH3 is 1. The SMILES string of the molecule is COc1ccc2cc(CN(C)c3cc(NCc4c(C)cc5c(N)nccc5c4C)ncn3)ccc2c1. The molecule has 0 saturated carbocycles. The summed E-state index contributed by atoms with van der Waals surface area (Å²) in [6, 6.07) is 18.7. The van der Waals surface area contributed by atoms with Gasteiger partial charge in [0.2, 0.25) is 0 Å². The molecule has 7 heteroatoms. The molecule has 0 aliphatic heterocycles. The van der Waals surface area contributed by atoms with Crippen LogP contribution < -0.4 is 20.7 Å². The van der Waals surface area contributed by atoms with E-state index in [2.05, 4.69) is 75.4 Å². The van der Waals surface area contributed by atoms with E-state index in [4.69, 9.17) is 10.5 Å². The molecule has 0 amide bonds. The Labute approximate surface area is 211 Å². The summed E-state index contributed by atoms with van der Waals surface area (Å²) in [6.07, 6.45) is 3.36. The van der Waals surface area contributed by atoms with Crippen LogP contribution in [0.3, 0.4) is 0 Å². The normalized spacial score (nSPS) is 11.1. The van der Waals surface area contributed by atoms with Crippen molar-refractivity contribution in [2.24, 2.45) is 0 Å². The number of nitrogen functional groups attached to an aromatic ring is 1. The monoisotopic (exact) mass is 478 g/mol. The molecule has 0 spiro atoms. The Morgan fingerprint density at radius 3 is 2.56 bits per heavy atom. The molecule has 7 nitrogen and oxygen atoms in total. The minimum absolute atomic E-state index is 0.563. The van der Waals surface area contributed by atoms with Gasteiger partial charge in [0.1, 0.15) is 29.5 Å². The second-order valence-corrected chi connectivity index (χ2v) is 9.11. The first-order valence-electron chi connectivity index (χ1n) is 11.9. The summed E-state index contributed by atoms with van der Waals surface area (Å²) in [6.45, 7) is 5.63. The summed E-state index contributed by atoms with van der Waals surface area (Å²) in [7, 11) is 3.73. The Hall–Kier alpha value is -4.39. The van der Waals surface area contributed by atoms with Crippen LogP contribution in [0.4, 0.5) is 17.5 Å². The molecule has 0 atom stereocenters. The van der Waals surface area contributed by atoms with E-state index in [9.17, 15) is 0 Å². The second kappa shape index (κ2) is 9.70. The predicted octanol–water partition coefficient (Wildman–Crippen LogP) is 5.63. The fourth-order valence-electron chi connectivity index (χ4n) is 4.69. The Bertz CT molecular complexity index is 1570. The third-order valence-electron chi connectivity index (χ3n) is 6.74. The zero-order chi connectivity index (χ0) is 25.2. The zero-order valence-corrected chi connectivity index (χ0v) is 21.0. The molecule has 3 aromatic carbocycles. The summed E-state index contributed by atoms with van der Waals surface area (Å²) in [4.78, 5) is 15.3. The topological polar surface area (TPSA) is 89.2 Å². The van der Waals surface area contributed by atoms with Crippen molar-refractivity contribution < 1.29 is 4.74 Å². The Kier molecular flexibility index (Phi) is 6.29. The van der Waals surface area contributed by atoms with Crippen LogP contribution >= 0.6 is 0 Å². The van der Waals surface area contributed by atoms with Gasteiger partial charge in [-0.1, -0.05) is 18.2 Å². The van der Waals surface area contributed by atoms with Crippen LogP contribution in [0.25, 0.3) is 21.5 Å². The Morgan fingerprint density at radius 1 is 0.917 bits per heavy atom. The smallest absolute Gasteiger partial charge is 0.134 e. The van der Waals surface area contributed by atoms with Crippen LogP contribution in [0.2, 0.25) is 0 Å². The highest BCUT2D eigenvalue weighted by molar-refractivity contribution is 5.94. The number of anilines is 3. The highest BCUT2D eigenvalue weighted by Crippen LogP contribution is 2.29. The lowest BCUT2D eigenvalue weighted by molar-refractivity contribution is 0.415. The third-order valence-corrected chi connectivity index (χ3v) is 6.74. The van der Waals surface area contributed by atoms with E-state index < -0.39 is 0 Å². The third kappa shape index (κ3) is 4.60. The average molecular weight is 479 g/mol. The summed E-state index contributed by atoms with van der Waals surface area (Å²) in [5, 5.41) is 7.95. The highest BCUT2D eigenvalue weighted by atomic mass is 16.5. The standard InChI is InChI=1S/C29H30N6O/c1-18-11-25-24(9-10-31-29(25)30)19(2)26(18)15-32-27-14-28(34-17-33-27)35(3)16-20-5-6-22-13-23(36-4)8-7-21(22)12-20/h5-14,17H,15-16H2,1-4H3,(H2,30,31)(H,32,33,34). The fourth-order valence-corrected chi connectivity index (χ4v) is 4.69. The maximum atomic E-state index is 6.09. The van der Waals surface area contributed by atoms with Crippen LogP contribution in [0.1, 0.15) is 22.3 Å². The highest BCUT2D eigenvalue weighted by Gasteiger charge is 2.11. The van der Waals surface area contributed by atoms with Gasteiger partial charge in [0.15, 0.2) is 0 Å². The fraction of sp³-hybridized carbons (Fsp3) is 0.207. The van der Waals surface area contributed by atoms with E-state index in [1.165, 1.54) is 27.6 Å². The van der Waals surface area contributed by atoms with Gasteiger partial charge < -0.3 is 20.7 Å². The van der Waals surface area contributed by atoms with Crippen LogP contribution in [0.5, 0.6) is 5.75 Å².